The molecule has 3 rings (SSSR count). The first-order valence-electron chi connectivity index (χ1n) is 5.22. The van der Waals surface area contributed by atoms with Crippen molar-refractivity contribution in [1.29, 1.82) is 0 Å². The lowest BCUT2D eigenvalue weighted by molar-refractivity contribution is 0.112. The number of hydrogen-bond donors (Lipinski definition) is 0. The standard InChI is InChI=1S/C14H8INO/c15-12-4-5-13-11(7-12)6-9-2-1-3-10(8-17)14(9)16-13/h1-8H. The third-order valence-corrected chi connectivity index (χ3v) is 3.43. The third-order valence-electron chi connectivity index (χ3n) is 2.76. The van der Waals surface area contributed by atoms with Crippen LogP contribution in [-0.2, 0) is 0 Å². The van der Waals surface area contributed by atoms with Gasteiger partial charge in [-0.3, -0.25) is 4.79 Å². The van der Waals surface area contributed by atoms with Crippen LogP contribution in [0.1, 0.15) is 10.4 Å². The summed E-state index contributed by atoms with van der Waals surface area (Å²) in [5.74, 6) is 0. The number of halogens is 1. The van der Waals surface area contributed by atoms with E-state index in [-0.39, 0.29) is 0 Å². The maximum absolute atomic E-state index is 11.0. The molecule has 0 atom stereocenters. The highest BCUT2D eigenvalue weighted by Gasteiger charge is 2.04. The SMILES string of the molecule is O=Cc1cccc2cc3cc(I)ccc3nc12. The van der Waals surface area contributed by atoms with Crippen LogP contribution in [0.3, 0.4) is 0 Å². The highest BCUT2D eigenvalue weighted by molar-refractivity contribution is 14.1. The minimum atomic E-state index is 0.642. The Bertz CT molecular complexity index is 737. The van der Waals surface area contributed by atoms with E-state index in [2.05, 4.69) is 39.7 Å². The Kier molecular flexibility index (Phi) is 2.55. The van der Waals surface area contributed by atoms with Gasteiger partial charge in [0.25, 0.3) is 0 Å². The zero-order valence-corrected chi connectivity index (χ0v) is 11.0. The molecule has 1 heterocycles. The van der Waals surface area contributed by atoms with Gasteiger partial charge < -0.3 is 0 Å². The van der Waals surface area contributed by atoms with Crippen LogP contribution in [0, 0.1) is 3.57 Å². The second-order valence-electron chi connectivity index (χ2n) is 3.86. The Hall–Kier alpha value is -1.49. The van der Waals surface area contributed by atoms with Gasteiger partial charge in [0.15, 0.2) is 6.29 Å². The molecule has 17 heavy (non-hydrogen) atoms. The summed E-state index contributed by atoms with van der Waals surface area (Å²) in [6.45, 7) is 0. The van der Waals surface area contributed by atoms with Gasteiger partial charge in [0.05, 0.1) is 11.0 Å². The predicted octanol–water partition coefficient (Wildman–Crippen LogP) is 3.81. The summed E-state index contributed by atoms with van der Waals surface area (Å²) in [7, 11) is 0. The van der Waals surface area contributed by atoms with Gasteiger partial charge in [-0.05, 0) is 52.9 Å². The van der Waals surface area contributed by atoms with E-state index in [4.69, 9.17) is 0 Å². The van der Waals surface area contributed by atoms with E-state index in [0.29, 0.717) is 5.56 Å². The number of nitrogens with zero attached hydrogens (tertiary/aromatic N) is 1. The fourth-order valence-electron chi connectivity index (χ4n) is 1.95. The van der Waals surface area contributed by atoms with Crippen LogP contribution in [0.25, 0.3) is 21.8 Å². The number of fused-ring (bicyclic) bond motifs is 2. The maximum atomic E-state index is 11.0. The van der Waals surface area contributed by atoms with Crippen LogP contribution in [0.5, 0.6) is 0 Å². The number of para-hydroxylation sites is 1. The van der Waals surface area contributed by atoms with Gasteiger partial charge in [-0.15, -0.1) is 0 Å². The number of pyridine rings is 1. The molecule has 3 heteroatoms. The Balaban J connectivity index is 2.47. The average molecular weight is 333 g/mol. The number of rotatable bonds is 1. The van der Waals surface area contributed by atoms with E-state index in [1.54, 1.807) is 6.07 Å². The molecule has 2 nitrogen and oxygen atoms in total. The number of aldehydes is 1. The summed E-state index contributed by atoms with van der Waals surface area (Å²) in [6, 6.07) is 13.8. The van der Waals surface area contributed by atoms with Crippen LogP contribution in [0.2, 0.25) is 0 Å². The normalized spacial score (nSPS) is 10.9. The van der Waals surface area contributed by atoms with Gasteiger partial charge in [-0.1, -0.05) is 12.1 Å². The lowest BCUT2D eigenvalue weighted by atomic mass is 10.1. The summed E-state index contributed by atoms with van der Waals surface area (Å²) in [5.41, 5.74) is 2.34. The molecule has 0 saturated carbocycles. The van der Waals surface area contributed by atoms with Gasteiger partial charge in [0.2, 0.25) is 0 Å². The molecule has 0 aliphatic rings. The minimum absolute atomic E-state index is 0.642. The van der Waals surface area contributed by atoms with Crippen molar-refractivity contribution < 1.29 is 4.79 Å². The van der Waals surface area contributed by atoms with Gasteiger partial charge in [0.1, 0.15) is 0 Å². The van der Waals surface area contributed by atoms with Gasteiger partial charge in [-0.2, -0.15) is 0 Å². The first kappa shape index (κ1) is 10.7. The fourth-order valence-corrected chi connectivity index (χ4v) is 2.47. The summed E-state index contributed by atoms with van der Waals surface area (Å²) in [6.07, 6.45) is 0.855. The molecule has 0 aliphatic heterocycles. The monoisotopic (exact) mass is 333 g/mol. The zero-order valence-electron chi connectivity index (χ0n) is 8.85. The van der Waals surface area contributed by atoms with Crippen molar-refractivity contribution >= 4 is 50.7 Å². The average Bonchev–Trinajstić information content (AvgIpc) is 2.35. The predicted molar refractivity (Wildman–Crippen MR) is 77.4 cm³/mol. The molecule has 82 valence electrons. The van der Waals surface area contributed by atoms with Crippen molar-refractivity contribution in [2.24, 2.45) is 0 Å². The maximum Gasteiger partial charge on any atom is 0.152 e. The van der Waals surface area contributed by atoms with Crippen molar-refractivity contribution in [3.8, 4) is 0 Å². The fraction of sp³-hybridized carbons (Fsp3) is 0. The van der Waals surface area contributed by atoms with Crippen LogP contribution in [-0.4, -0.2) is 11.3 Å². The number of carbonyl (C=O) groups is 1. The first-order valence-corrected chi connectivity index (χ1v) is 6.30. The molecule has 0 unspecified atom stereocenters. The molecule has 3 aromatic rings. The van der Waals surface area contributed by atoms with E-state index in [9.17, 15) is 4.79 Å². The lowest BCUT2D eigenvalue weighted by Gasteiger charge is -2.03. The molecule has 0 spiro atoms. The Morgan fingerprint density at radius 1 is 1.06 bits per heavy atom. The van der Waals surface area contributed by atoms with E-state index in [0.717, 1.165) is 28.1 Å². The second kappa shape index (κ2) is 4.07. The number of aromatic nitrogens is 1. The molecular formula is C14H8INO. The van der Waals surface area contributed by atoms with Crippen molar-refractivity contribution in [2.45, 2.75) is 0 Å². The molecular weight excluding hydrogens is 325 g/mol. The number of benzene rings is 2. The van der Waals surface area contributed by atoms with Crippen molar-refractivity contribution in [3.05, 3.63) is 51.6 Å². The smallest absolute Gasteiger partial charge is 0.152 e. The van der Waals surface area contributed by atoms with Gasteiger partial charge in [0, 0.05) is 19.9 Å². The Morgan fingerprint density at radius 2 is 1.94 bits per heavy atom. The van der Waals surface area contributed by atoms with Crippen molar-refractivity contribution in [1.82, 2.24) is 4.98 Å². The zero-order chi connectivity index (χ0) is 11.8. The molecule has 0 fully saturated rings. The van der Waals surface area contributed by atoms with E-state index in [1.807, 2.05) is 24.3 Å². The molecule has 2 aromatic carbocycles. The lowest BCUT2D eigenvalue weighted by Crippen LogP contribution is -1.88. The molecule has 0 saturated heterocycles. The molecule has 0 aliphatic carbocycles. The first-order chi connectivity index (χ1) is 8.28. The van der Waals surface area contributed by atoms with E-state index in [1.165, 1.54) is 3.57 Å². The van der Waals surface area contributed by atoms with Gasteiger partial charge >= 0.3 is 0 Å². The molecule has 0 N–H and O–H groups in total. The molecule has 0 amide bonds. The topological polar surface area (TPSA) is 30.0 Å². The second-order valence-corrected chi connectivity index (χ2v) is 5.11. The van der Waals surface area contributed by atoms with Gasteiger partial charge in [-0.25, -0.2) is 4.98 Å². The molecule has 0 bridgehead atoms. The largest absolute Gasteiger partial charge is 0.298 e. The van der Waals surface area contributed by atoms with E-state index < -0.39 is 0 Å². The summed E-state index contributed by atoms with van der Waals surface area (Å²) in [4.78, 5) is 15.5. The van der Waals surface area contributed by atoms with Crippen LogP contribution >= 0.6 is 22.6 Å². The Labute approximate surface area is 112 Å². The highest BCUT2D eigenvalue weighted by Crippen LogP contribution is 2.23. The van der Waals surface area contributed by atoms with Crippen LogP contribution in [0.4, 0.5) is 0 Å². The molecule has 0 radical (unpaired) electrons. The van der Waals surface area contributed by atoms with Crippen LogP contribution < -0.4 is 0 Å². The quantitative estimate of drug-likeness (QED) is 0.385. The summed E-state index contributed by atoms with van der Waals surface area (Å²) in [5, 5.41) is 2.11. The number of hydrogen-bond acceptors (Lipinski definition) is 2. The van der Waals surface area contributed by atoms with E-state index >= 15 is 0 Å². The highest BCUT2D eigenvalue weighted by atomic mass is 127. The van der Waals surface area contributed by atoms with Crippen LogP contribution in [0.15, 0.2) is 42.5 Å². The third kappa shape index (κ3) is 1.80. The minimum Gasteiger partial charge on any atom is -0.298 e. The Morgan fingerprint density at radius 3 is 2.76 bits per heavy atom. The van der Waals surface area contributed by atoms with Crippen molar-refractivity contribution in [2.75, 3.05) is 0 Å². The number of carbonyl (C=O) groups excluding carboxylic acids is 1. The summed E-state index contributed by atoms with van der Waals surface area (Å²) < 4.78 is 1.18. The molecule has 1 aromatic heterocycles. The summed E-state index contributed by atoms with van der Waals surface area (Å²) >= 11 is 2.28. The van der Waals surface area contributed by atoms with Crippen molar-refractivity contribution in [3.63, 3.8) is 0 Å².